The number of carbonyl (C=O) groups is 2. The predicted octanol–water partition coefficient (Wildman–Crippen LogP) is 3.36. The van der Waals surface area contributed by atoms with Gasteiger partial charge in [-0.05, 0) is 37.8 Å². The molecule has 0 spiro atoms. The molecule has 1 saturated heterocycles. The summed E-state index contributed by atoms with van der Waals surface area (Å²) < 4.78 is 0.709. The van der Waals surface area contributed by atoms with E-state index >= 15 is 0 Å². The molecule has 21 heavy (non-hydrogen) atoms. The van der Waals surface area contributed by atoms with Crippen molar-refractivity contribution in [1.82, 2.24) is 10.2 Å². The molecule has 2 heterocycles. The first-order chi connectivity index (χ1) is 9.95. The second-order valence-electron chi connectivity index (χ2n) is 5.34. The Morgan fingerprint density at radius 3 is 2.67 bits per heavy atom. The third-order valence-electron chi connectivity index (χ3n) is 3.73. The van der Waals surface area contributed by atoms with Crippen LogP contribution < -0.4 is 5.32 Å². The van der Waals surface area contributed by atoms with Gasteiger partial charge in [-0.2, -0.15) is 0 Å². The number of amides is 2. The fourth-order valence-corrected chi connectivity index (χ4v) is 3.56. The molecule has 0 bridgehead atoms. The summed E-state index contributed by atoms with van der Waals surface area (Å²) in [6.45, 7) is 3.15. The highest BCUT2D eigenvalue weighted by atomic mass is 35.5. The van der Waals surface area contributed by atoms with Crippen molar-refractivity contribution in [2.24, 2.45) is 5.92 Å². The Kier molecular flexibility index (Phi) is 5.47. The molecular weight excluding hydrogens is 312 g/mol. The second kappa shape index (κ2) is 7.13. The first kappa shape index (κ1) is 16.1. The number of rotatable bonds is 4. The highest BCUT2D eigenvalue weighted by Crippen LogP contribution is 2.27. The van der Waals surface area contributed by atoms with Gasteiger partial charge in [0.15, 0.2) is 0 Å². The van der Waals surface area contributed by atoms with E-state index in [1.807, 2.05) is 19.1 Å². The fraction of sp³-hybridized carbons (Fsp3) is 0.571. The van der Waals surface area contributed by atoms with Gasteiger partial charge in [-0.15, -0.1) is 11.3 Å². The Morgan fingerprint density at radius 1 is 1.48 bits per heavy atom. The van der Waals surface area contributed by atoms with Crippen molar-refractivity contribution in [3.05, 3.63) is 21.3 Å². The van der Waals surface area contributed by atoms with E-state index < -0.39 is 5.97 Å². The molecular formula is C14H19ClN2O3S. The summed E-state index contributed by atoms with van der Waals surface area (Å²) in [6, 6.07) is 3.56. The second-order valence-corrected chi connectivity index (χ2v) is 7.09. The van der Waals surface area contributed by atoms with Crippen LogP contribution in [0.4, 0.5) is 4.79 Å². The molecule has 0 saturated carbocycles. The molecule has 1 aliphatic rings. The monoisotopic (exact) mass is 330 g/mol. The quantitative estimate of drug-likeness (QED) is 0.889. The van der Waals surface area contributed by atoms with Crippen molar-refractivity contribution in [2.75, 3.05) is 13.1 Å². The summed E-state index contributed by atoms with van der Waals surface area (Å²) in [5, 5.41) is 11.7. The summed E-state index contributed by atoms with van der Waals surface area (Å²) >= 11 is 7.35. The molecule has 1 aliphatic heterocycles. The number of thiophene rings is 1. The molecule has 1 fully saturated rings. The van der Waals surface area contributed by atoms with Crippen LogP contribution in [0.3, 0.4) is 0 Å². The van der Waals surface area contributed by atoms with E-state index in [0.717, 1.165) is 17.7 Å². The van der Waals surface area contributed by atoms with Gasteiger partial charge in [0.05, 0.1) is 10.4 Å². The lowest BCUT2D eigenvalue weighted by molar-refractivity contribution is -0.138. The normalized spacial score (nSPS) is 17.5. The van der Waals surface area contributed by atoms with E-state index in [9.17, 15) is 9.59 Å². The zero-order valence-corrected chi connectivity index (χ0v) is 13.4. The number of likely N-dealkylation sites (tertiary alicyclic amines) is 1. The van der Waals surface area contributed by atoms with Gasteiger partial charge in [0.25, 0.3) is 0 Å². The van der Waals surface area contributed by atoms with Gasteiger partial charge in [0.1, 0.15) is 0 Å². The van der Waals surface area contributed by atoms with Crippen molar-refractivity contribution in [2.45, 2.75) is 32.2 Å². The largest absolute Gasteiger partial charge is 0.481 e. The summed E-state index contributed by atoms with van der Waals surface area (Å²) in [5.74, 6) is -0.582. The van der Waals surface area contributed by atoms with Crippen LogP contribution in [0.5, 0.6) is 0 Å². The Labute approximate surface area is 132 Å². The minimum Gasteiger partial charge on any atom is -0.481 e. The van der Waals surface area contributed by atoms with Crippen LogP contribution in [0.1, 0.15) is 37.1 Å². The molecule has 2 rings (SSSR count). The molecule has 1 aromatic heterocycles. The topological polar surface area (TPSA) is 69.6 Å². The van der Waals surface area contributed by atoms with Gasteiger partial charge in [0, 0.05) is 24.4 Å². The molecule has 5 nitrogen and oxygen atoms in total. The Balaban J connectivity index is 1.80. The maximum Gasteiger partial charge on any atom is 0.317 e. The van der Waals surface area contributed by atoms with Gasteiger partial charge in [0.2, 0.25) is 0 Å². The molecule has 2 N–H and O–H groups in total. The highest BCUT2D eigenvalue weighted by Gasteiger charge is 2.25. The lowest BCUT2D eigenvalue weighted by Gasteiger charge is -2.32. The number of hydrogen-bond acceptors (Lipinski definition) is 3. The average molecular weight is 331 g/mol. The van der Waals surface area contributed by atoms with Crippen LogP contribution in [-0.2, 0) is 4.79 Å². The number of carboxylic acid groups (broad SMARTS) is 1. The molecule has 0 radical (unpaired) electrons. The minimum atomic E-state index is -0.763. The smallest absolute Gasteiger partial charge is 0.317 e. The van der Waals surface area contributed by atoms with E-state index in [0.29, 0.717) is 17.4 Å². The number of nitrogens with zero attached hydrogens (tertiary/aromatic N) is 1. The first-order valence-corrected chi connectivity index (χ1v) is 8.17. The predicted molar refractivity (Wildman–Crippen MR) is 82.8 cm³/mol. The fourth-order valence-electron chi connectivity index (χ4n) is 2.50. The summed E-state index contributed by atoms with van der Waals surface area (Å²) in [7, 11) is 0. The number of hydrogen-bond donors (Lipinski definition) is 2. The van der Waals surface area contributed by atoms with Crippen LogP contribution >= 0.6 is 22.9 Å². The summed E-state index contributed by atoms with van der Waals surface area (Å²) in [5.41, 5.74) is 0. The number of aliphatic carboxylic acids is 1. The first-order valence-electron chi connectivity index (χ1n) is 6.98. The lowest BCUT2D eigenvalue weighted by Crippen LogP contribution is -2.45. The molecule has 0 aliphatic carbocycles. The van der Waals surface area contributed by atoms with Crippen LogP contribution in [0.25, 0.3) is 0 Å². The van der Waals surface area contributed by atoms with E-state index in [1.165, 1.54) is 11.3 Å². The van der Waals surface area contributed by atoms with E-state index in [4.69, 9.17) is 16.7 Å². The number of nitrogens with one attached hydrogen (secondary N) is 1. The highest BCUT2D eigenvalue weighted by molar-refractivity contribution is 7.16. The molecule has 1 aromatic rings. The lowest BCUT2D eigenvalue weighted by atomic mass is 9.94. The summed E-state index contributed by atoms with van der Waals surface area (Å²) in [6.07, 6.45) is 1.69. The Bertz CT molecular complexity index is 512. The van der Waals surface area contributed by atoms with Gasteiger partial charge in [-0.25, -0.2) is 4.79 Å². The maximum absolute atomic E-state index is 12.2. The molecule has 116 valence electrons. The van der Waals surface area contributed by atoms with E-state index in [1.54, 1.807) is 4.90 Å². The van der Waals surface area contributed by atoms with Crippen molar-refractivity contribution in [3.63, 3.8) is 0 Å². The number of urea groups is 1. The third kappa shape index (κ3) is 4.61. The van der Waals surface area contributed by atoms with Crippen molar-refractivity contribution < 1.29 is 14.7 Å². The van der Waals surface area contributed by atoms with Crippen LogP contribution in [0.2, 0.25) is 4.34 Å². The van der Waals surface area contributed by atoms with E-state index in [2.05, 4.69) is 5.32 Å². The van der Waals surface area contributed by atoms with Crippen LogP contribution in [0.15, 0.2) is 12.1 Å². The number of piperidine rings is 1. The molecule has 1 unspecified atom stereocenters. The van der Waals surface area contributed by atoms with Crippen LogP contribution in [0, 0.1) is 5.92 Å². The standard InChI is InChI=1S/C14H19ClN2O3S/c1-9(11-2-3-12(15)21-11)16-14(20)17-6-4-10(5-7-17)8-13(18)19/h2-3,9-10H,4-8H2,1H3,(H,16,20)(H,18,19). The Hall–Kier alpha value is -1.27. The Morgan fingerprint density at radius 2 is 2.14 bits per heavy atom. The average Bonchev–Trinajstić information content (AvgIpc) is 2.85. The molecule has 7 heteroatoms. The zero-order chi connectivity index (χ0) is 15.4. The van der Waals surface area contributed by atoms with Crippen molar-refractivity contribution in [3.8, 4) is 0 Å². The SMILES string of the molecule is CC(NC(=O)N1CCC(CC(=O)O)CC1)c1ccc(Cl)s1. The third-order valence-corrected chi connectivity index (χ3v) is 5.14. The molecule has 2 amide bonds. The summed E-state index contributed by atoms with van der Waals surface area (Å²) in [4.78, 5) is 25.6. The van der Waals surface area contributed by atoms with Gasteiger partial charge >= 0.3 is 12.0 Å². The van der Waals surface area contributed by atoms with Crippen molar-refractivity contribution in [1.29, 1.82) is 0 Å². The van der Waals surface area contributed by atoms with Crippen molar-refractivity contribution >= 4 is 34.9 Å². The van der Waals surface area contributed by atoms with Crippen LogP contribution in [-0.4, -0.2) is 35.1 Å². The van der Waals surface area contributed by atoms with Gasteiger partial charge in [-0.3, -0.25) is 4.79 Å². The van der Waals surface area contributed by atoms with E-state index in [-0.39, 0.29) is 24.4 Å². The molecule has 1 atom stereocenters. The minimum absolute atomic E-state index is 0.0771. The maximum atomic E-state index is 12.2. The van der Waals surface area contributed by atoms with Gasteiger partial charge < -0.3 is 15.3 Å². The number of carboxylic acids is 1. The molecule has 0 aromatic carbocycles. The number of carbonyl (C=O) groups excluding carboxylic acids is 1. The number of halogens is 1. The van der Waals surface area contributed by atoms with Gasteiger partial charge in [-0.1, -0.05) is 11.6 Å². The zero-order valence-electron chi connectivity index (χ0n) is 11.8.